The molecule has 1 fully saturated rings. The lowest BCUT2D eigenvalue weighted by Crippen LogP contribution is -2.49. The van der Waals surface area contributed by atoms with E-state index in [9.17, 15) is 21.6 Å². The van der Waals surface area contributed by atoms with Crippen LogP contribution in [0.2, 0.25) is 0 Å². The van der Waals surface area contributed by atoms with Gasteiger partial charge in [-0.1, -0.05) is 0 Å². The maximum atomic E-state index is 12.9. The molecule has 11 heteroatoms. The number of rotatable bonds is 4. The molecule has 0 N–H and O–H groups in total. The van der Waals surface area contributed by atoms with Crippen molar-refractivity contribution >= 4 is 15.8 Å². The molecule has 0 atom stereocenters. The van der Waals surface area contributed by atoms with Crippen molar-refractivity contribution < 1.29 is 21.6 Å². The van der Waals surface area contributed by atoms with Gasteiger partial charge >= 0.3 is 6.18 Å². The summed E-state index contributed by atoms with van der Waals surface area (Å²) in [5.74, 6) is 2.01. The molecular formula is C20H20F3N5O2S. The van der Waals surface area contributed by atoms with E-state index in [1.165, 1.54) is 4.31 Å². The smallest absolute Gasteiger partial charge is 0.354 e. The first-order chi connectivity index (χ1) is 14.6. The van der Waals surface area contributed by atoms with Crippen LogP contribution in [-0.4, -0.2) is 53.4 Å². The van der Waals surface area contributed by atoms with Gasteiger partial charge in [-0.3, -0.25) is 0 Å². The van der Waals surface area contributed by atoms with Crippen molar-refractivity contribution in [1.82, 2.24) is 18.8 Å². The Hall–Kier alpha value is -2.92. The van der Waals surface area contributed by atoms with Gasteiger partial charge in [0, 0.05) is 44.6 Å². The highest BCUT2D eigenvalue weighted by atomic mass is 32.2. The summed E-state index contributed by atoms with van der Waals surface area (Å²) in [6.07, 6.45) is -0.761. The maximum absolute atomic E-state index is 12.9. The molecule has 0 bridgehead atoms. The topological polar surface area (TPSA) is 71.3 Å². The Kier molecular flexibility index (Phi) is 5.48. The molecule has 0 amide bonds. The molecule has 1 aliphatic heterocycles. The standard InChI is InChI=1S/C20H20F3N5O2S/c1-15-24-18(26-8-2-3-9-26)14-19(25-15)27-10-12-28(13-11-27)31(29,30)17-6-4-16(5-7-17)20(21,22)23/h2-9,14H,10-13H2,1H3. The van der Waals surface area contributed by atoms with Gasteiger partial charge in [-0.2, -0.15) is 17.5 Å². The van der Waals surface area contributed by atoms with Gasteiger partial charge in [0.1, 0.15) is 17.5 Å². The van der Waals surface area contributed by atoms with Crippen LogP contribution in [0.25, 0.3) is 5.82 Å². The summed E-state index contributed by atoms with van der Waals surface area (Å²) in [6.45, 7) is 3.00. The minimum absolute atomic E-state index is 0.151. The van der Waals surface area contributed by atoms with Crippen molar-refractivity contribution in [3.8, 4) is 5.82 Å². The van der Waals surface area contributed by atoms with Crippen molar-refractivity contribution in [1.29, 1.82) is 0 Å². The average molecular weight is 451 g/mol. The van der Waals surface area contributed by atoms with E-state index in [-0.39, 0.29) is 18.0 Å². The highest BCUT2D eigenvalue weighted by Crippen LogP contribution is 2.30. The third kappa shape index (κ3) is 4.42. The van der Waals surface area contributed by atoms with Crippen LogP contribution in [-0.2, 0) is 16.2 Å². The molecule has 0 aliphatic carbocycles. The van der Waals surface area contributed by atoms with Gasteiger partial charge in [0.2, 0.25) is 10.0 Å². The van der Waals surface area contributed by atoms with E-state index < -0.39 is 21.8 Å². The highest BCUT2D eigenvalue weighted by molar-refractivity contribution is 7.89. The Morgan fingerprint density at radius 1 is 0.903 bits per heavy atom. The second-order valence-electron chi connectivity index (χ2n) is 7.14. The summed E-state index contributed by atoms with van der Waals surface area (Å²) >= 11 is 0. The fourth-order valence-electron chi connectivity index (χ4n) is 3.44. The van der Waals surface area contributed by atoms with E-state index in [1.54, 1.807) is 6.92 Å². The van der Waals surface area contributed by atoms with Crippen molar-refractivity contribution in [2.45, 2.75) is 18.0 Å². The number of halogens is 3. The van der Waals surface area contributed by atoms with E-state index in [2.05, 4.69) is 9.97 Å². The molecule has 2 aromatic heterocycles. The Morgan fingerprint density at radius 3 is 2.06 bits per heavy atom. The zero-order valence-corrected chi connectivity index (χ0v) is 17.4. The van der Waals surface area contributed by atoms with Gasteiger partial charge in [0.05, 0.1) is 10.5 Å². The summed E-state index contributed by atoms with van der Waals surface area (Å²) in [4.78, 5) is 10.7. The Labute approximate surface area is 177 Å². The van der Waals surface area contributed by atoms with E-state index in [0.29, 0.717) is 30.5 Å². The largest absolute Gasteiger partial charge is 0.416 e. The number of nitrogens with zero attached hydrogens (tertiary/aromatic N) is 5. The fraction of sp³-hybridized carbons (Fsp3) is 0.300. The van der Waals surface area contributed by atoms with Gasteiger partial charge in [-0.15, -0.1) is 0 Å². The van der Waals surface area contributed by atoms with Gasteiger partial charge in [-0.05, 0) is 43.3 Å². The number of aryl methyl sites for hydroxylation is 1. The molecule has 0 unspecified atom stereocenters. The van der Waals surface area contributed by atoms with Crippen molar-refractivity contribution in [3.05, 3.63) is 66.2 Å². The first-order valence-electron chi connectivity index (χ1n) is 9.56. The van der Waals surface area contributed by atoms with Crippen molar-refractivity contribution in [3.63, 3.8) is 0 Å². The number of benzene rings is 1. The van der Waals surface area contributed by atoms with Crippen LogP contribution in [0.3, 0.4) is 0 Å². The minimum Gasteiger partial charge on any atom is -0.354 e. The SMILES string of the molecule is Cc1nc(N2CCN(S(=O)(=O)c3ccc(C(F)(F)F)cc3)CC2)cc(-n2cccc2)n1. The lowest BCUT2D eigenvalue weighted by molar-refractivity contribution is -0.137. The number of sulfonamides is 1. The third-order valence-corrected chi connectivity index (χ3v) is 6.97. The molecule has 7 nitrogen and oxygen atoms in total. The molecule has 1 aliphatic rings. The Balaban J connectivity index is 1.48. The van der Waals surface area contributed by atoms with E-state index in [0.717, 1.165) is 24.3 Å². The molecular weight excluding hydrogens is 431 g/mol. The normalized spacial score (nSPS) is 15.9. The summed E-state index contributed by atoms with van der Waals surface area (Å²) in [7, 11) is -3.88. The van der Waals surface area contributed by atoms with Crippen LogP contribution in [0.1, 0.15) is 11.4 Å². The second kappa shape index (κ2) is 7.97. The summed E-state index contributed by atoms with van der Waals surface area (Å²) in [5.41, 5.74) is -0.881. The maximum Gasteiger partial charge on any atom is 0.416 e. The van der Waals surface area contributed by atoms with Crippen molar-refractivity contribution in [2.24, 2.45) is 0 Å². The first kappa shape index (κ1) is 21.3. The van der Waals surface area contributed by atoms with Gasteiger partial charge in [-0.25, -0.2) is 18.4 Å². The van der Waals surface area contributed by atoms with Crippen LogP contribution in [0.15, 0.2) is 59.8 Å². The quantitative estimate of drug-likeness (QED) is 0.610. The summed E-state index contributed by atoms with van der Waals surface area (Å²) in [6, 6.07) is 9.20. The summed E-state index contributed by atoms with van der Waals surface area (Å²) < 4.78 is 67.1. The van der Waals surface area contributed by atoms with Gasteiger partial charge < -0.3 is 9.47 Å². The van der Waals surface area contributed by atoms with Crippen LogP contribution in [0, 0.1) is 6.92 Å². The second-order valence-corrected chi connectivity index (χ2v) is 9.07. The molecule has 0 saturated carbocycles. The summed E-state index contributed by atoms with van der Waals surface area (Å²) in [5, 5.41) is 0. The molecule has 0 radical (unpaired) electrons. The van der Waals surface area contributed by atoms with E-state index in [4.69, 9.17) is 0 Å². The Morgan fingerprint density at radius 2 is 1.48 bits per heavy atom. The van der Waals surface area contributed by atoms with Crippen molar-refractivity contribution in [2.75, 3.05) is 31.1 Å². The molecule has 31 heavy (non-hydrogen) atoms. The van der Waals surface area contributed by atoms with Crippen LogP contribution < -0.4 is 4.90 Å². The minimum atomic E-state index is -4.51. The van der Waals surface area contributed by atoms with Gasteiger partial charge in [0.25, 0.3) is 0 Å². The van der Waals surface area contributed by atoms with Crippen LogP contribution >= 0.6 is 0 Å². The molecule has 164 valence electrons. The molecule has 1 aromatic carbocycles. The van der Waals surface area contributed by atoms with E-state index >= 15 is 0 Å². The lowest BCUT2D eigenvalue weighted by Gasteiger charge is -2.34. The zero-order valence-electron chi connectivity index (χ0n) is 16.6. The average Bonchev–Trinajstić information content (AvgIpc) is 3.28. The van der Waals surface area contributed by atoms with Crippen LogP contribution in [0.4, 0.5) is 19.0 Å². The molecule has 1 saturated heterocycles. The predicted molar refractivity (Wildman–Crippen MR) is 109 cm³/mol. The highest BCUT2D eigenvalue weighted by Gasteiger charge is 2.32. The molecule has 4 rings (SSSR count). The predicted octanol–water partition coefficient (Wildman–Crippen LogP) is 3.11. The number of hydrogen-bond donors (Lipinski definition) is 0. The third-order valence-electron chi connectivity index (χ3n) is 5.06. The molecule has 3 heterocycles. The lowest BCUT2D eigenvalue weighted by atomic mass is 10.2. The number of aromatic nitrogens is 3. The number of anilines is 1. The van der Waals surface area contributed by atoms with Gasteiger partial charge in [0.15, 0.2) is 0 Å². The fourth-order valence-corrected chi connectivity index (χ4v) is 4.86. The molecule has 0 spiro atoms. The van der Waals surface area contributed by atoms with E-state index in [1.807, 2.05) is 40.1 Å². The number of piperazine rings is 1. The monoisotopic (exact) mass is 451 g/mol. The first-order valence-corrected chi connectivity index (χ1v) is 11.0. The Bertz CT molecular complexity index is 1150. The number of hydrogen-bond acceptors (Lipinski definition) is 5. The van der Waals surface area contributed by atoms with Crippen LogP contribution in [0.5, 0.6) is 0 Å². The molecule has 3 aromatic rings. The zero-order chi connectivity index (χ0) is 22.2. The number of alkyl halides is 3.